The number of imidazole rings is 1. The second-order valence-corrected chi connectivity index (χ2v) is 19.7. The first-order valence-corrected chi connectivity index (χ1v) is 21.8. The number of nitrogens with one attached hydrogen (secondary N) is 1. The van der Waals surface area contributed by atoms with Crippen molar-refractivity contribution in [2.24, 2.45) is 0 Å². The molecule has 2 unspecified atom stereocenters. The molecule has 10 nitrogen and oxygen atoms in total. The molecule has 0 aliphatic carbocycles. The van der Waals surface area contributed by atoms with E-state index < -0.39 is 10.3 Å². The summed E-state index contributed by atoms with van der Waals surface area (Å²) in [6, 6.07) is 22.6. The third-order valence-corrected chi connectivity index (χ3v) is 15.3. The summed E-state index contributed by atoms with van der Waals surface area (Å²) < 4.78 is 14.4. The van der Waals surface area contributed by atoms with E-state index in [1.54, 1.807) is 35.7 Å². The Kier molecular flexibility index (Phi) is 13.4. The van der Waals surface area contributed by atoms with Crippen molar-refractivity contribution in [1.82, 2.24) is 34.6 Å². The summed E-state index contributed by atoms with van der Waals surface area (Å²) >= 11 is 8.11. The van der Waals surface area contributed by atoms with Crippen LogP contribution in [-0.4, -0.2) is 60.3 Å². The lowest BCUT2D eigenvalue weighted by Crippen LogP contribution is -2.43. The zero-order valence-electron chi connectivity index (χ0n) is 33.2. The first-order valence-electron chi connectivity index (χ1n) is 19.1. The SMILES string of the molecule is CCN(C(=O)NC(CCCCCOS(c1ccccc1)(c1ccccc1)C(C)(C)C)c1cnc(C)s1)C(C)c1cc(-c2cn3ccnc3c(Cl)n2)c(OC)cn1. The molecular formula is C43H52ClN7O3S2. The zero-order chi connectivity index (χ0) is 39.9. The summed E-state index contributed by atoms with van der Waals surface area (Å²) in [5.74, 6) is 0.549. The molecule has 0 aliphatic rings. The fraction of sp³-hybridized carbons (Fsp3) is 0.372. The van der Waals surface area contributed by atoms with Crippen LogP contribution in [0.15, 0.2) is 108 Å². The van der Waals surface area contributed by atoms with E-state index in [1.807, 2.05) is 49.8 Å². The van der Waals surface area contributed by atoms with Crippen LogP contribution in [0.2, 0.25) is 5.15 Å². The normalized spacial score (nSPS) is 13.4. The van der Waals surface area contributed by atoms with Crippen molar-refractivity contribution in [3.05, 3.63) is 118 Å². The third kappa shape index (κ3) is 8.89. The van der Waals surface area contributed by atoms with Gasteiger partial charge >= 0.3 is 6.03 Å². The molecule has 13 heteroatoms. The molecule has 0 fully saturated rings. The Bertz CT molecular complexity index is 2170. The summed E-state index contributed by atoms with van der Waals surface area (Å²) in [7, 11) is -0.204. The highest BCUT2D eigenvalue weighted by Gasteiger charge is 2.41. The molecule has 2 atom stereocenters. The van der Waals surface area contributed by atoms with E-state index in [0.29, 0.717) is 41.5 Å². The Morgan fingerprint density at radius 1 is 1.00 bits per heavy atom. The molecule has 0 saturated heterocycles. The maximum atomic E-state index is 14.1. The molecule has 56 heavy (non-hydrogen) atoms. The number of carbonyl (C=O) groups is 1. The van der Waals surface area contributed by atoms with Gasteiger partial charge in [-0.1, -0.05) is 71.1 Å². The van der Waals surface area contributed by atoms with Crippen molar-refractivity contribution in [3.8, 4) is 17.0 Å². The number of aryl methyl sites for hydroxylation is 1. The number of hydrogen-bond acceptors (Lipinski definition) is 8. The lowest BCUT2D eigenvalue weighted by atomic mass is 10.1. The molecule has 296 valence electrons. The van der Waals surface area contributed by atoms with Gasteiger partial charge in [0.05, 0.1) is 48.4 Å². The van der Waals surface area contributed by atoms with Gasteiger partial charge in [0.1, 0.15) is 5.75 Å². The number of unbranched alkanes of at least 4 members (excludes halogenated alkanes) is 2. The number of hydrogen-bond donors (Lipinski definition) is 1. The number of urea groups is 1. The van der Waals surface area contributed by atoms with Crippen LogP contribution >= 0.6 is 33.2 Å². The molecule has 4 aromatic heterocycles. The van der Waals surface area contributed by atoms with Gasteiger partial charge in [-0.25, -0.2) is 19.7 Å². The third-order valence-electron chi connectivity index (χ3n) is 9.90. The van der Waals surface area contributed by atoms with Crippen molar-refractivity contribution < 1.29 is 13.7 Å². The second kappa shape index (κ2) is 18.2. The number of halogens is 1. The lowest BCUT2D eigenvalue weighted by molar-refractivity contribution is 0.177. The van der Waals surface area contributed by atoms with Crippen molar-refractivity contribution >= 4 is 44.9 Å². The Hall–Kier alpha value is -4.49. The van der Waals surface area contributed by atoms with Crippen LogP contribution in [0, 0.1) is 6.92 Å². The topological polar surface area (TPSA) is 107 Å². The van der Waals surface area contributed by atoms with Gasteiger partial charge in [0.15, 0.2) is 10.8 Å². The number of nitrogens with zero attached hydrogens (tertiary/aromatic N) is 6. The number of carbonyl (C=O) groups excluding carboxylic acids is 1. The maximum absolute atomic E-state index is 14.1. The van der Waals surface area contributed by atoms with Crippen LogP contribution in [0.1, 0.15) is 88.0 Å². The van der Waals surface area contributed by atoms with E-state index in [4.69, 9.17) is 25.5 Å². The van der Waals surface area contributed by atoms with Crippen LogP contribution in [0.5, 0.6) is 5.75 Å². The molecule has 2 aromatic carbocycles. The van der Waals surface area contributed by atoms with E-state index in [2.05, 4.69) is 102 Å². The molecule has 1 N–H and O–H groups in total. The minimum absolute atomic E-state index is 0.125. The largest absolute Gasteiger partial charge is 0.494 e. The highest BCUT2D eigenvalue weighted by Crippen LogP contribution is 2.71. The van der Waals surface area contributed by atoms with Gasteiger partial charge in [-0.05, 0) is 84.7 Å². The molecule has 6 aromatic rings. The predicted molar refractivity (Wildman–Crippen MR) is 228 cm³/mol. The van der Waals surface area contributed by atoms with Crippen LogP contribution in [0.4, 0.5) is 4.79 Å². The summed E-state index contributed by atoms with van der Waals surface area (Å²) in [5, 5.41) is 4.61. The van der Waals surface area contributed by atoms with Gasteiger partial charge < -0.3 is 23.5 Å². The van der Waals surface area contributed by atoms with E-state index in [-0.39, 0.29) is 28.0 Å². The maximum Gasteiger partial charge on any atom is 0.318 e. The number of thiazole rings is 1. The van der Waals surface area contributed by atoms with Crippen molar-refractivity contribution in [2.75, 3.05) is 20.3 Å². The van der Waals surface area contributed by atoms with Crippen molar-refractivity contribution in [1.29, 1.82) is 0 Å². The van der Waals surface area contributed by atoms with Crippen molar-refractivity contribution in [3.63, 3.8) is 0 Å². The number of benzene rings is 2. The van der Waals surface area contributed by atoms with Crippen LogP contribution in [0.25, 0.3) is 16.9 Å². The molecule has 6 rings (SSSR count). The van der Waals surface area contributed by atoms with E-state index >= 15 is 0 Å². The van der Waals surface area contributed by atoms with Gasteiger partial charge in [0.25, 0.3) is 0 Å². The van der Waals surface area contributed by atoms with Gasteiger partial charge in [-0.2, -0.15) is 0 Å². The van der Waals surface area contributed by atoms with Gasteiger partial charge in [0, 0.05) is 56.3 Å². The highest BCUT2D eigenvalue weighted by molar-refractivity contribution is 8.31. The number of ether oxygens (including phenoxy) is 1. The Labute approximate surface area is 341 Å². The first-order chi connectivity index (χ1) is 27.0. The van der Waals surface area contributed by atoms with E-state index in [0.717, 1.165) is 35.6 Å². The fourth-order valence-corrected chi connectivity index (χ4v) is 11.9. The molecule has 2 amide bonds. The van der Waals surface area contributed by atoms with Crippen LogP contribution in [-0.2, 0) is 4.18 Å². The average molecular weight is 815 g/mol. The van der Waals surface area contributed by atoms with Crippen LogP contribution in [0.3, 0.4) is 0 Å². The zero-order valence-corrected chi connectivity index (χ0v) is 35.6. The minimum Gasteiger partial charge on any atom is -0.494 e. The standard InChI is InChI=1S/C43H52ClN7O3S2/c1-8-51(30(2)36-26-34(38(53-7)27-47-36)37-29-50-24-23-45-41(50)40(44)48-37)42(52)49-35(39-28-46-31(3)55-39)22-16-11-17-25-54-56(43(4,5)6,32-18-12-9-13-19-32)33-20-14-10-15-21-33/h9-10,12-15,18-21,23-24,26-30,35H,8,11,16-17,22,25H2,1-7H3,(H,49,52). The second-order valence-electron chi connectivity index (χ2n) is 14.6. The smallest absolute Gasteiger partial charge is 0.318 e. The summed E-state index contributed by atoms with van der Waals surface area (Å²) in [6.45, 7) is 13.9. The Morgan fingerprint density at radius 3 is 2.30 bits per heavy atom. The molecule has 0 saturated carbocycles. The molecule has 0 bridgehead atoms. The number of amides is 2. The Balaban J connectivity index is 1.14. The number of rotatable bonds is 16. The summed E-state index contributed by atoms with van der Waals surface area (Å²) in [5.41, 5.74) is 2.59. The highest BCUT2D eigenvalue weighted by atomic mass is 35.5. The van der Waals surface area contributed by atoms with Crippen molar-refractivity contribution in [2.45, 2.75) is 93.8 Å². The minimum atomic E-state index is -1.80. The molecule has 4 heterocycles. The number of pyridine rings is 1. The monoisotopic (exact) mass is 813 g/mol. The summed E-state index contributed by atoms with van der Waals surface area (Å²) in [6.07, 6.45) is 12.5. The molecule has 0 spiro atoms. The number of fused-ring (bicyclic) bond motifs is 1. The van der Waals surface area contributed by atoms with Gasteiger partial charge in [0.2, 0.25) is 0 Å². The van der Waals surface area contributed by atoms with Gasteiger partial charge in [-0.3, -0.25) is 4.98 Å². The van der Waals surface area contributed by atoms with E-state index in [9.17, 15) is 4.79 Å². The first kappa shape index (κ1) is 41.2. The molecule has 0 radical (unpaired) electrons. The predicted octanol–water partition coefficient (Wildman–Crippen LogP) is 11.3. The van der Waals surface area contributed by atoms with Crippen LogP contribution < -0.4 is 10.1 Å². The Morgan fingerprint density at radius 2 is 1.70 bits per heavy atom. The van der Waals surface area contributed by atoms with E-state index in [1.165, 1.54) is 9.79 Å². The lowest BCUT2D eigenvalue weighted by Gasteiger charge is -2.50. The quantitative estimate of drug-likeness (QED) is 0.0970. The number of aromatic nitrogens is 5. The molecular weight excluding hydrogens is 762 g/mol. The average Bonchev–Trinajstić information content (AvgIpc) is 3.87. The molecule has 0 aliphatic heterocycles. The number of methoxy groups -OCH3 is 1. The van der Waals surface area contributed by atoms with Gasteiger partial charge in [-0.15, -0.1) is 11.3 Å². The fourth-order valence-electron chi connectivity index (χ4n) is 7.07. The summed E-state index contributed by atoms with van der Waals surface area (Å²) in [4.78, 5) is 37.5.